The van der Waals surface area contributed by atoms with Crippen molar-refractivity contribution in [2.75, 3.05) is 19.0 Å². The number of thiophene rings is 1. The fourth-order valence-corrected chi connectivity index (χ4v) is 4.05. The van der Waals surface area contributed by atoms with Gasteiger partial charge in [0.25, 0.3) is 5.91 Å². The van der Waals surface area contributed by atoms with Gasteiger partial charge in [-0.15, -0.1) is 11.3 Å². The molecule has 0 unspecified atom stereocenters. The van der Waals surface area contributed by atoms with Gasteiger partial charge in [-0.1, -0.05) is 48.0 Å². The maximum absolute atomic E-state index is 13.0. The number of nitrogens with one attached hydrogen (secondary N) is 2. The van der Waals surface area contributed by atoms with Crippen LogP contribution in [-0.4, -0.2) is 31.5 Å². The summed E-state index contributed by atoms with van der Waals surface area (Å²) in [5, 5.41) is 7.62. The number of ether oxygens (including phenoxy) is 2. The Hall–Kier alpha value is -3.91. The van der Waals surface area contributed by atoms with E-state index < -0.39 is 18.5 Å². The maximum Gasteiger partial charge on any atom is 0.342 e. The molecule has 2 N–H and O–H groups in total. The molecule has 0 aliphatic rings. The van der Waals surface area contributed by atoms with Gasteiger partial charge in [-0.25, -0.2) is 4.79 Å². The van der Waals surface area contributed by atoms with Gasteiger partial charge >= 0.3 is 5.97 Å². The van der Waals surface area contributed by atoms with Crippen molar-refractivity contribution < 1.29 is 23.9 Å². The topological polar surface area (TPSA) is 93.7 Å². The molecule has 34 heavy (non-hydrogen) atoms. The summed E-state index contributed by atoms with van der Waals surface area (Å²) in [6.45, 7) is 3.46. The molecule has 2 aromatic carbocycles. The zero-order chi connectivity index (χ0) is 24.5. The summed E-state index contributed by atoms with van der Waals surface area (Å²) in [5.74, 6) is -0.739. The molecule has 7 nitrogen and oxygen atoms in total. The van der Waals surface area contributed by atoms with Crippen molar-refractivity contribution in [2.24, 2.45) is 0 Å². The second-order valence-corrected chi connectivity index (χ2v) is 8.51. The Balaban J connectivity index is 1.70. The minimum atomic E-state index is -0.688. The summed E-state index contributed by atoms with van der Waals surface area (Å²) in [6, 6.07) is 16.6. The lowest BCUT2D eigenvalue weighted by Crippen LogP contribution is -2.28. The molecule has 1 heterocycles. The number of hydrogen-bond donors (Lipinski definition) is 2. The van der Waals surface area contributed by atoms with E-state index in [1.807, 2.05) is 56.3 Å². The summed E-state index contributed by atoms with van der Waals surface area (Å²) in [4.78, 5) is 37.5. The summed E-state index contributed by atoms with van der Waals surface area (Å²) >= 11 is 1.23. The number of esters is 1. The molecule has 2 amide bonds. The molecule has 0 radical (unpaired) electrons. The van der Waals surface area contributed by atoms with Crippen LogP contribution in [0.5, 0.6) is 5.75 Å². The Morgan fingerprint density at radius 2 is 1.71 bits per heavy atom. The molecule has 0 aliphatic carbocycles. The number of carbonyl (C=O) groups excluding carboxylic acids is 3. The van der Waals surface area contributed by atoms with E-state index in [0.717, 1.165) is 22.4 Å². The van der Waals surface area contributed by atoms with Gasteiger partial charge in [0.15, 0.2) is 6.61 Å². The SMILES string of the molecule is COc1ccc(CNC(=O)COC(=O)c2c(-c3ccccc3)csc2NC(=O)C=C(C)C)cc1. The highest BCUT2D eigenvalue weighted by Crippen LogP contribution is 2.36. The van der Waals surface area contributed by atoms with Crippen molar-refractivity contribution in [3.05, 3.63) is 82.8 Å². The summed E-state index contributed by atoms with van der Waals surface area (Å²) in [6.07, 6.45) is 1.45. The molecule has 0 fully saturated rings. The first kappa shape index (κ1) is 24.7. The van der Waals surface area contributed by atoms with Gasteiger partial charge in [-0.05, 0) is 37.1 Å². The van der Waals surface area contributed by atoms with Crippen LogP contribution in [0.25, 0.3) is 11.1 Å². The molecule has 3 rings (SSSR count). The van der Waals surface area contributed by atoms with Gasteiger partial charge < -0.3 is 20.1 Å². The molecule has 176 valence electrons. The molecule has 3 aromatic rings. The zero-order valence-corrected chi connectivity index (χ0v) is 20.0. The second-order valence-electron chi connectivity index (χ2n) is 7.63. The molecule has 0 atom stereocenters. The number of anilines is 1. The zero-order valence-electron chi connectivity index (χ0n) is 19.2. The number of rotatable bonds is 9. The lowest BCUT2D eigenvalue weighted by atomic mass is 10.0. The Labute approximate surface area is 202 Å². The van der Waals surface area contributed by atoms with Gasteiger partial charge in [-0.2, -0.15) is 0 Å². The number of methoxy groups -OCH3 is 1. The molecule has 1 aromatic heterocycles. The van der Waals surface area contributed by atoms with Crippen LogP contribution >= 0.6 is 11.3 Å². The monoisotopic (exact) mass is 478 g/mol. The molecule has 0 bridgehead atoms. The van der Waals surface area contributed by atoms with Gasteiger partial charge in [0.1, 0.15) is 16.3 Å². The van der Waals surface area contributed by atoms with Crippen LogP contribution in [0.4, 0.5) is 5.00 Å². The Kier molecular flexibility index (Phi) is 8.59. The van der Waals surface area contributed by atoms with E-state index in [-0.39, 0.29) is 18.0 Å². The van der Waals surface area contributed by atoms with Gasteiger partial charge in [0, 0.05) is 23.6 Å². The first-order valence-electron chi connectivity index (χ1n) is 10.6. The number of hydrogen-bond acceptors (Lipinski definition) is 6. The predicted octanol–water partition coefficient (Wildman–Crippen LogP) is 4.80. The molecule has 0 aliphatic heterocycles. The quantitative estimate of drug-likeness (QED) is 0.340. The first-order valence-corrected chi connectivity index (χ1v) is 11.4. The molecule has 8 heteroatoms. The van der Waals surface area contributed by atoms with Crippen molar-refractivity contribution in [3.63, 3.8) is 0 Å². The number of carbonyl (C=O) groups is 3. The van der Waals surface area contributed by atoms with Crippen molar-refractivity contribution in [1.82, 2.24) is 5.32 Å². The van der Waals surface area contributed by atoms with Crippen molar-refractivity contribution in [2.45, 2.75) is 20.4 Å². The van der Waals surface area contributed by atoms with Crippen molar-refractivity contribution in [3.8, 4) is 16.9 Å². The Morgan fingerprint density at radius 1 is 1.00 bits per heavy atom. The largest absolute Gasteiger partial charge is 0.497 e. The molecular weight excluding hydrogens is 452 g/mol. The summed E-state index contributed by atoms with van der Waals surface area (Å²) < 4.78 is 10.4. The van der Waals surface area contributed by atoms with E-state index in [1.54, 1.807) is 24.6 Å². The van der Waals surface area contributed by atoms with Crippen LogP contribution < -0.4 is 15.4 Å². The Morgan fingerprint density at radius 3 is 2.35 bits per heavy atom. The van der Waals surface area contributed by atoms with Gasteiger partial charge in [0.2, 0.25) is 5.91 Å². The first-order chi connectivity index (χ1) is 16.4. The van der Waals surface area contributed by atoms with Gasteiger partial charge in [0.05, 0.1) is 7.11 Å². The fourth-order valence-electron chi connectivity index (χ4n) is 3.09. The third kappa shape index (κ3) is 6.79. The van der Waals surface area contributed by atoms with Crippen LogP contribution in [0.2, 0.25) is 0 Å². The van der Waals surface area contributed by atoms with E-state index >= 15 is 0 Å². The minimum Gasteiger partial charge on any atom is -0.497 e. The third-order valence-electron chi connectivity index (χ3n) is 4.72. The minimum absolute atomic E-state index is 0.217. The van der Waals surface area contributed by atoms with Crippen LogP contribution in [0.1, 0.15) is 29.8 Å². The van der Waals surface area contributed by atoms with Crippen molar-refractivity contribution >= 4 is 34.1 Å². The normalized spacial score (nSPS) is 10.2. The summed E-state index contributed by atoms with van der Waals surface area (Å²) in [5.41, 5.74) is 3.36. The smallest absolute Gasteiger partial charge is 0.342 e. The van der Waals surface area contributed by atoms with E-state index in [2.05, 4.69) is 10.6 Å². The Bertz CT molecular complexity index is 1180. The third-order valence-corrected chi connectivity index (χ3v) is 5.61. The molecule has 0 saturated carbocycles. The predicted molar refractivity (Wildman–Crippen MR) is 133 cm³/mol. The standard InChI is InChI=1S/C26H26N2O5S/c1-17(2)13-22(29)28-25-24(21(16-34-25)19-7-5-4-6-8-19)26(31)33-15-23(30)27-14-18-9-11-20(32-3)12-10-18/h4-13,16H,14-15H2,1-3H3,(H,27,30)(H,28,29). The van der Waals surface area contributed by atoms with Gasteiger partial charge in [-0.3, -0.25) is 9.59 Å². The average Bonchev–Trinajstić information content (AvgIpc) is 3.25. The van der Waals surface area contributed by atoms with Crippen LogP contribution in [-0.2, 0) is 20.9 Å². The van der Waals surface area contributed by atoms with E-state index in [4.69, 9.17) is 9.47 Å². The molecule has 0 saturated heterocycles. The lowest BCUT2D eigenvalue weighted by Gasteiger charge is -2.10. The van der Waals surface area contributed by atoms with Crippen LogP contribution in [0.15, 0.2) is 71.6 Å². The fraction of sp³-hybridized carbons (Fsp3) is 0.192. The average molecular weight is 479 g/mol. The highest BCUT2D eigenvalue weighted by Gasteiger charge is 2.23. The second kappa shape index (κ2) is 11.8. The number of amides is 2. The van der Waals surface area contributed by atoms with Crippen LogP contribution in [0.3, 0.4) is 0 Å². The highest BCUT2D eigenvalue weighted by atomic mass is 32.1. The lowest BCUT2D eigenvalue weighted by molar-refractivity contribution is -0.124. The summed E-state index contributed by atoms with van der Waals surface area (Å²) in [7, 11) is 1.58. The number of allylic oxidation sites excluding steroid dienone is 1. The number of benzene rings is 2. The van der Waals surface area contributed by atoms with Crippen molar-refractivity contribution in [1.29, 1.82) is 0 Å². The molecular formula is C26H26N2O5S. The van der Waals surface area contributed by atoms with Crippen LogP contribution in [0, 0.1) is 0 Å². The van der Waals surface area contributed by atoms with E-state index in [1.165, 1.54) is 17.4 Å². The maximum atomic E-state index is 13.0. The van der Waals surface area contributed by atoms with E-state index in [0.29, 0.717) is 10.6 Å². The highest BCUT2D eigenvalue weighted by molar-refractivity contribution is 7.15. The van der Waals surface area contributed by atoms with E-state index in [9.17, 15) is 14.4 Å². The molecule has 0 spiro atoms.